The quantitative estimate of drug-likeness (QED) is 0.333. The summed E-state index contributed by atoms with van der Waals surface area (Å²) in [6.07, 6.45) is 1.68. The number of nitrogens with one attached hydrogen (secondary N) is 1. The summed E-state index contributed by atoms with van der Waals surface area (Å²) in [5.41, 5.74) is 1.53. The number of halogens is 6. The van der Waals surface area contributed by atoms with Gasteiger partial charge in [0.15, 0.2) is 5.65 Å². The monoisotopic (exact) mass is 680 g/mol. The van der Waals surface area contributed by atoms with Gasteiger partial charge in [-0.1, -0.05) is 30.3 Å². The van der Waals surface area contributed by atoms with Crippen LogP contribution in [0.3, 0.4) is 0 Å². The molecule has 2 aromatic heterocycles. The second-order valence-electron chi connectivity index (χ2n) is 12.3. The number of hydrogen-bond donors (Lipinski definition) is 2. The highest BCUT2D eigenvalue weighted by molar-refractivity contribution is 5.96. The smallest absolute Gasteiger partial charge is 0.408 e. The fourth-order valence-corrected chi connectivity index (χ4v) is 6.28. The Kier molecular flexibility index (Phi) is 8.49. The van der Waals surface area contributed by atoms with Gasteiger partial charge in [-0.2, -0.15) is 22.7 Å². The predicted molar refractivity (Wildman–Crippen MR) is 155 cm³/mol. The van der Waals surface area contributed by atoms with E-state index in [0.717, 1.165) is 4.90 Å². The van der Waals surface area contributed by atoms with E-state index in [4.69, 9.17) is 4.74 Å². The van der Waals surface area contributed by atoms with Crippen LogP contribution in [-0.4, -0.2) is 91.0 Å². The van der Waals surface area contributed by atoms with Gasteiger partial charge in [0.25, 0.3) is 11.8 Å². The number of rotatable bonds is 7. The molecule has 0 bridgehead atoms. The molecule has 11 nitrogen and oxygen atoms in total. The third-order valence-corrected chi connectivity index (χ3v) is 8.86. The van der Waals surface area contributed by atoms with E-state index in [1.165, 1.54) is 22.9 Å². The molecule has 3 unspecified atom stereocenters. The summed E-state index contributed by atoms with van der Waals surface area (Å²) in [4.78, 5) is 42.9. The molecule has 1 saturated carbocycles. The molecular weight excluding hydrogens is 650 g/mol. The third-order valence-electron chi connectivity index (χ3n) is 8.86. The van der Waals surface area contributed by atoms with Gasteiger partial charge in [-0.15, -0.1) is 0 Å². The maximum Gasteiger partial charge on any atom is 0.408 e. The van der Waals surface area contributed by atoms with Gasteiger partial charge >= 0.3 is 24.0 Å². The molecule has 1 aromatic carbocycles. The molecule has 3 atom stereocenters. The number of aromatic nitrogens is 3. The number of ether oxygens (including phenoxy) is 1. The van der Waals surface area contributed by atoms with E-state index in [-0.39, 0.29) is 48.6 Å². The van der Waals surface area contributed by atoms with Crippen molar-refractivity contribution in [2.24, 2.45) is 5.92 Å². The second-order valence-corrected chi connectivity index (χ2v) is 12.3. The number of carboxylic acid groups (broad SMARTS) is 1. The van der Waals surface area contributed by atoms with Gasteiger partial charge in [-0.05, 0) is 42.9 Å². The minimum atomic E-state index is -4.41. The Morgan fingerprint density at radius 1 is 1.04 bits per heavy atom. The molecule has 3 aliphatic rings. The SMILES string of the molecule is O=C(NC1CC(Cc2cn3ncc(C4C=C(C(=O)N5CC(F)(F)C(F)(F)C5)CN4C(=O)O)cc3n2)CCC1(F)F)OCc1ccccc1. The van der Waals surface area contributed by atoms with E-state index in [2.05, 4.69) is 15.4 Å². The highest BCUT2D eigenvalue weighted by Crippen LogP contribution is 2.42. The molecule has 3 amide bonds. The summed E-state index contributed by atoms with van der Waals surface area (Å²) in [6, 6.07) is 7.76. The van der Waals surface area contributed by atoms with E-state index in [1.54, 1.807) is 36.5 Å². The van der Waals surface area contributed by atoms with Gasteiger partial charge in [0.2, 0.25) is 0 Å². The summed E-state index contributed by atoms with van der Waals surface area (Å²) >= 11 is 0. The van der Waals surface area contributed by atoms with Crippen molar-refractivity contribution in [3.8, 4) is 0 Å². The number of carbonyl (C=O) groups is 3. The first-order valence-corrected chi connectivity index (χ1v) is 15.1. The van der Waals surface area contributed by atoms with Gasteiger partial charge < -0.3 is 20.1 Å². The molecule has 1 saturated heterocycles. The number of likely N-dealkylation sites (tertiary alicyclic amines) is 1. The topological polar surface area (TPSA) is 129 Å². The molecule has 2 fully saturated rings. The number of nitrogens with zero attached hydrogens (tertiary/aromatic N) is 5. The van der Waals surface area contributed by atoms with Crippen LogP contribution in [-0.2, 0) is 22.6 Å². The van der Waals surface area contributed by atoms with Gasteiger partial charge in [0.05, 0.1) is 49.8 Å². The zero-order chi connectivity index (χ0) is 34.4. The van der Waals surface area contributed by atoms with Crippen molar-refractivity contribution < 1.29 is 50.6 Å². The Labute approximate surface area is 269 Å². The van der Waals surface area contributed by atoms with Crippen LogP contribution in [0.2, 0.25) is 0 Å². The zero-order valence-electron chi connectivity index (χ0n) is 25.2. The molecule has 6 rings (SSSR count). The van der Waals surface area contributed by atoms with Gasteiger partial charge in [0.1, 0.15) is 6.61 Å². The average molecular weight is 681 g/mol. The van der Waals surface area contributed by atoms with Crippen LogP contribution in [0.4, 0.5) is 35.9 Å². The van der Waals surface area contributed by atoms with Crippen LogP contribution in [0, 0.1) is 5.92 Å². The largest absolute Gasteiger partial charge is 0.465 e. The molecule has 1 aliphatic carbocycles. The lowest BCUT2D eigenvalue weighted by Crippen LogP contribution is -2.51. The molecule has 2 N–H and O–H groups in total. The zero-order valence-corrected chi connectivity index (χ0v) is 25.2. The van der Waals surface area contributed by atoms with Gasteiger partial charge in [-0.3, -0.25) is 9.69 Å². The van der Waals surface area contributed by atoms with Crippen LogP contribution >= 0.6 is 0 Å². The minimum Gasteiger partial charge on any atom is -0.465 e. The summed E-state index contributed by atoms with van der Waals surface area (Å²) in [5.74, 6) is -13.4. The summed E-state index contributed by atoms with van der Waals surface area (Å²) in [6.45, 7) is -3.57. The lowest BCUT2D eigenvalue weighted by molar-refractivity contribution is -0.172. The lowest BCUT2D eigenvalue weighted by Gasteiger charge is -2.35. The van der Waals surface area contributed by atoms with Gasteiger partial charge in [-0.25, -0.2) is 27.9 Å². The fourth-order valence-electron chi connectivity index (χ4n) is 6.28. The standard InChI is InChI=1S/C31H30F6N6O5/c32-29(33)7-6-19(9-24(29)40-27(45)48-15-18-4-2-1-3-5-18)8-22-14-43-25(39-22)11-20(12-38-43)23-10-21(13-42(23)28(46)47)26(44)41-16-30(34,35)31(36,37)17-41/h1-5,10-12,14,19,23-24H,6-9,13,15-17H2,(H,40,45)(H,46,47). The first-order chi connectivity index (χ1) is 22.6. The Hall–Kier alpha value is -4.83. The Balaban J connectivity index is 1.13. The number of fused-ring (bicyclic) bond motifs is 1. The number of alkyl carbamates (subject to hydrolysis) is 1. The molecule has 0 spiro atoms. The van der Waals surface area contributed by atoms with Crippen molar-refractivity contribution in [1.82, 2.24) is 29.7 Å². The maximum atomic E-state index is 14.7. The number of imidazole rings is 1. The highest BCUT2D eigenvalue weighted by Gasteiger charge is 2.64. The normalized spacial score (nSPS) is 24.4. The fraction of sp³-hybridized carbons (Fsp3) is 0.452. The van der Waals surface area contributed by atoms with Crippen molar-refractivity contribution in [3.63, 3.8) is 0 Å². The molecule has 0 radical (unpaired) electrons. The van der Waals surface area contributed by atoms with Crippen LogP contribution in [0.25, 0.3) is 5.65 Å². The molecular formula is C31H30F6N6O5. The van der Waals surface area contributed by atoms with Crippen molar-refractivity contribution in [3.05, 3.63) is 77.3 Å². The predicted octanol–water partition coefficient (Wildman–Crippen LogP) is 5.08. The Morgan fingerprint density at radius 2 is 1.75 bits per heavy atom. The van der Waals surface area contributed by atoms with Crippen LogP contribution < -0.4 is 5.32 Å². The molecule has 256 valence electrons. The second kappa shape index (κ2) is 12.3. The summed E-state index contributed by atoms with van der Waals surface area (Å²) in [7, 11) is 0. The lowest BCUT2D eigenvalue weighted by atomic mass is 9.81. The summed E-state index contributed by atoms with van der Waals surface area (Å²) < 4.78 is 90.9. The Bertz CT molecular complexity index is 1740. The number of amides is 3. The van der Waals surface area contributed by atoms with Crippen molar-refractivity contribution in [1.29, 1.82) is 0 Å². The molecule has 4 heterocycles. The summed E-state index contributed by atoms with van der Waals surface area (Å²) in [5, 5.41) is 16.3. The van der Waals surface area contributed by atoms with Crippen LogP contribution in [0.1, 0.15) is 42.1 Å². The number of hydrogen-bond acceptors (Lipinski definition) is 6. The average Bonchev–Trinajstić information content (AvgIpc) is 3.71. The molecule has 2 aliphatic heterocycles. The van der Waals surface area contributed by atoms with E-state index in [1.807, 2.05) is 0 Å². The minimum absolute atomic E-state index is 0.0356. The highest BCUT2D eigenvalue weighted by atomic mass is 19.3. The number of alkyl halides is 6. The molecule has 48 heavy (non-hydrogen) atoms. The van der Waals surface area contributed by atoms with E-state index < -0.39 is 74.0 Å². The van der Waals surface area contributed by atoms with E-state index in [9.17, 15) is 45.8 Å². The van der Waals surface area contributed by atoms with Gasteiger partial charge in [0, 0.05) is 17.6 Å². The van der Waals surface area contributed by atoms with Crippen molar-refractivity contribution >= 4 is 23.7 Å². The van der Waals surface area contributed by atoms with Crippen molar-refractivity contribution in [2.45, 2.75) is 62.1 Å². The molecule has 3 aromatic rings. The number of benzene rings is 1. The van der Waals surface area contributed by atoms with Crippen LogP contribution in [0.5, 0.6) is 0 Å². The Morgan fingerprint density at radius 3 is 2.44 bits per heavy atom. The maximum absolute atomic E-state index is 14.7. The van der Waals surface area contributed by atoms with Crippen molar-refractivity contribution in [2.75, 3.05) is 19.6 Å². The first kappa shape index (κ1) is 33.1. The van der Waals surface area contributed by atoms with E-state index >= 15 is 0 Å². The third kappa shape index (κ3) is 6.62. The number of carbonyl (C=O) groups excluding carboxylic acids is 2. The first-order valence-electron chi connectivity index (χ1n) is 15.1. The molecule has 17 heteroatoms. The van der Waals surface area contributed by atoms with Crippen LogP contribution in [0.15, 0.2) is 60.4 Å². The van der Waals surface area contributed by atoms with E-state index in [0.29, 0.717) is 16.2 Å².